The first-order valence-corrected chi connectivity index (χ1v) is 8.16. The Morgan fingerprint density at radius 3 is 2.64 bits per heavy atom. The molecule has 2 aliphatic rings. The van der Waals surface area contributed by atoms with Crippen molar-refractivity contribution in [2.24, 2.45) is 5.92 Å². The van der Waals surface area contributed by atoms with Crippen LogP contribution < -0.4 is 0 Å². The molecule has 1 aliphatic carbocycles. The van der Waals surface area contributed by atoms with Gasteiger partial charge in [-0.3, -0.25) is 4.79 Å². The van der Waals surface area contributed by atoms with Gasteiger partial charge in [0.25, 0.3) is 0 Å². The summed E-state index contributed by atoms with van der Waals surface area (Å²) in [5.41, 5.74) is -0.492. The van der Waals surface area contributed by atoms with Crippen molar-refractivity contribution in [3.05, 3.63) is 12.2 Å². The highest BCUT2D eigenvalue weighted by Crippen LogP contribution is 2.24. The van der Waals surface area contributed by atoms with Crippen molar-refractivity contribution in [3.8, 4) is 0 Å². The second kappa shape index (κ2) is 6.71. The molecule has 0 aromatic heterocycles. The summed E-state index contributed by atoms with van der Waals surface area (Å²) in [6, 6.07) is 0.0536. The van der Waals surface area contributed by atoms with Gasteiger partial charge in [-0.25, -0.2) is 4.79 Å². The van der Waals surface area contributed by atoms with Crippen LogP contribution in [0.4, 0.5) is 4.79 Å². The third-order valence-electron chi connectivity index (χ3n) is 4.29. The van der Waals surface area contributed by atoms with Gasteiger partial charge in [-0.15, -0.1) is 0 Å². The third kappa shape index (κ3) is 4.49. The molecule has 0 spiro atoms. The molecule has 0 bridgehead atoms. The topological polar surface area (TPSA) is 49.9 Å². The summed E-state index contributed by atoms with van der Waals surface area (Å²) >= 11 is 0. The fourth-order valence-corrected chi connectivity index (χ4v) is 2.99. The third-order valence-corrected chi connectivity index (χ3v) is 4.29. The molecule has 0 aromatic carbocycles. The molecule has 1 aliphatic heterocycles. The van der Waals surface area contributed by atoms with E-state index in [1.54, 1.807) is 11.9 Å². The smallest absolute Gasteiger partial charge is 0.410 e. The van der Waals surface area contributed by atoms with Crippen molar-refractivity contribution >= 4 is 12.0 Å². The van der Waals surface area contributed by atoms with Crippen LogP contribution >= 0.6 is 0 Å². The Hall–Kier alpha value is -1.52. The summed E-state index contributed by atoms with van der Waals surface area (Å²) < 4.78 is 5.39. The minimum Gasteiger partial charge on any atom is -0.444 e. The summed E-state index contributed by atoms with van der Waals surface area (Å²) in [6.07, 6.45) is 7.58. The molecule has 22 heavy (non-hydrogen) atoms. The first kappa shape index (κ1) is 16.8. The molecule has 2 rings (SSSR count). The highest BCUT2D eigenvalue weighted by atomic mass is 16.6. The van der Waals surface area contributed by atoms with E-state index < -0.39 is 5.60 Å². The molecular weight excluding hydrogens is 280 g/mol. The first-order valence-electron chi connectivity index (χ1n) is 8.16. The number of carbonyl (C=O) groups excluding carboxylic acids is 2. The van der Waals surface area contributed by atoms with Gasteiger partial charge in [-0.1, -0.05) is 12.2 Å². The van der Waals surface area contributed by atoms with Crippen LogP contribution in [0.2, 0.25) is 0 Å². The zero-order valence-electron chi connectivity index (χ0n) is 14.2. The summed E-state index contributed by atoms with van der Waals surface area (Å²) in [5.74, 6) is 0.603. The van der Waals surface area contributed by atoms with Crippen molar-refractivity contribution in [1.29, 1.82) is 0 Å². The zero-order valence-corrected chi connectivity index (χ0v) is 14.2. The number of rotatable bonds is 3. The van der Waals surface area contributed by atoms with Gasteiger partial charge in [-0.2, -0.15) is 0 Å². The van der Waals surface area contributed by atoms with Crippen LogP contribution in [0.15, 0.2) is 12.2 Å². The minimum atomic E-state index is -0.492. The molecule has 2 atom stereocenters. The van der Waals surface area contributed by atoms with Gasteiger partial charge >= 0.3 is 6.09 Å². The number of likely N-dealkylation sites (tertiary alicyclic amines) is 1. The van der Waals surface area contributed by atoms with Crippen LogP contribution in [0.3, 0.4) is 0 Å². The van der Waals surface area contributed by atoms with Gasteiger partial charge in [0.05, 0.1) is 6.04 Å². The fourth-order valence-electron chi connectivity index (χ4n) is 2.99. The van der Waals surface area contributed by atoms with Crippen LogP contribution in [0.5, 0.6) is 0 Å². The monoisotopic (exact) mass is 308 g/mol. The largest absolute Gasteiger partial charge is 0.444 e. The fraction of sp³-hybridized carbons (Fsp3) is 0.765. The maximum Gasteiger partial charge on any atom is 0.410 e. The summed E-state index contributed by atoms with van der Waals surface area (Å²) in [4.78, 5) is 27.9. The molecule has 2 amide bonds. The number of carbonyl (C=O) groups is 2. The number of nitrogens with zero attached hydrogens (tertiary/aromatic N) is 2. The van der Waals surface area contributed by atoms with Gasteiger partial charge < -0.3 is 14.5 Å². The van der Waals surface area contributed by atoms with Crippen molar-refractivity contribution in [2.45, 2.75) is 58.1 Å². The molecule has 0 saturated carbocycles. The van der Waals surface area contributed by atoms with Crippen molar-refractivity contribution < 1.29 is 14.3 Å². The number of likely N-dealkylation sites (N-methyl/N-ethyl adjacent to an activating group) is 1. The van der Waals surface area contributed by atoms with Gasteiger partial charge in [0.1, 0.15) is 5.60 Å². The van der Waals surface area contributed by atoms with E-state index in [1.807, 2.05) is 25.7 Å². The highest BCUT2D eigenvalue weighted by Gasteiger charge is 2.33. The minimum absolute atomic E-state index is 0.0536. The molecular formula is C17H28N2O3. The highest BCUT2D eigenvalue weighted by molar-refractivity contribution is 5.77. The van der Waals surface area contributed by atoms with Gasteiger partial charge in [0.15, 0.2) is 0 Å². The summed E-state index contributed by atoms with van der Waals surface area (Å²) in [5, 5.41) is 0. The van der Waals surface area contributed by atoms with E-state index in [-0.39, 0.29) is 18.0 Å². The second-order valence-corrected chi connectivity index (χ2v) is 7.34. The molecule has 124 valence electrons. The van der Waals surface area contributed by atoms with E-state index in [9.17, 15) is 9.59 Å². The molecule has 5 nitrogen and oxygen atoms in total. The lowest BCUT2D eigenvalue weighted by atomic mass is 10.0. The van der Waals surface area contributed by atoms with E-state index in [2.05, 4.69) is 12.2 Å². The van der Waals surface area contributed by atoms with E-state index in [4.69, 9.17) is 4.74 Å². The van der Waals surface area contributed by atoms with Crippen LogP contribution in [0, 0.1) is 5.92 Å². The quantitative estimate of drug-likeness (QED) is 0.753. The van der Waals surface area contributed by atoms with Crippen LogP contribution in [0.25, 0.3) is 0 Å². The summed E-state index contributed by atoms with van der Waals surface area (Å²) in [7, 11) is 1.76. The number of hydrogen-bond donors (Lipinski definition) is 0. The molecule has 0 radical (unpaired) electrons. The zero-order chi connectivity index (χ0) is 16.3. The molecule has 0 unspecified atom stereocenters. The Bertz CT molecular complexity index is 453. The van der Waals surface area contributed by atoms with Gasteiger partial charge in [0.2, 0.25) is 5.91 Å². The molecule has 0 aromatic rings. The predicted octanol–water partition coefficient (Wildman–Crippen LogP) is 2.81. The molecule has 5 heteroatoms. The lowest BCUT2D eigenvalue weighted by molar-refractivity contribution is -0.131. The van der Waals surface area contributed by atoms with Gasteiger partial charge in [-0.05, 0) is 46.0 Å². The average molecular weight is 308 g/mol. The number of ether oxygens (including phenoxy) is 1. The number of amides is 2. The molecule has 0 N–H and O–H groups in total. The standard InChI is InChI=1S/C17H28N2O3/c1-17(2,3)22-16(21)18(4)14-9-10-19(12-14)15(20)11-13-7-5-6-8-13/h5,7,13-14H,6,8-12H2,1-4H3/t13-,14+/m1/s1. The van der Waals surface area contributed by atoms with Crippen molar-refractivity contribution in [3.63, 3.8) is 0 Å². The molecule has 1 heterocycles. The van der Waals surface area contributed by atoms with Gasteiger partial charge in [0, 0.05) is 26.6 Å². The van der Waals surface area contributed by atoms with E-state index >= 15 is 0 Å². The van der Waals surface area contributed by atoms with Crippen LogP contribution in [-0.4, -0.2) is 53.6 Å². The number of hydrogen-bond acceptors (Lipinski definition) is 3. The lowest BCUT2D eigenvalue weighted by Gasteiger charge is -2.28. The normalized spacial score (nSPS) is 24.6. The lowest BCUT2D eigenvalue weighted by Crippen LogP contribution is -2.42. The van der Waals surface area contributed by atoms with Crippen LogP contribution in [0.1, 0.15) is 46.5 Å². The maximum absolute atomic E-state index is 12.3. The Labute approximate surface area is 133 Å². The predicted molar refractivity (Wildman–Crippen MR) is 85.5 cm³/mol. The second-order valence-electron chi connectivity index (χ2n) is 7.34. The molecule has 1 fully saturated rings. The van der Waals surface area contributed by atoms with Crippen LogP contribution in [-0.2, 0) is 9.53 Å². The first-order chi connectivity index (χ1) is 10.3. The van der Waals surface area contributed by atoms with E-state index in [0.717, 1.165) is 25.8 Å². The molecule has 1 saturated heterocycles. The van der Waals surface area contributed by atoms with E-state index in [1.165, 1.54) is 0 Å². The Morgan fingerprint density at radius 1 is 1.32 bits per heavy atom. The Kier molecular flexibility index (Phi) is 5.14. The van der Waals surface area contributed by atoms with Crippen molar-refractivity contribution in [2.75, 3.05) is 20.1 Å². The average Bonchev–Trinajstić information content (AvgIpc) is 3.06. The summed E-state index contributed by atoms with van der Waals surface area (Å²) in [6.45, 7) is 6.92. The van der Waals surface area contributed by atoms with Crippen molar-refractivity contribution in [1.82, 2.24) is 9.80 Å². The Morgan fingerprint density at radius 2 is 2.05 bits per heavy atom. The van der Waals surface area contributed by atoms with E-state index in [0.29, 0.717) is 18.9 Å². The Balaban J connectivity index is 1.82. The number of allylic oxidation sites excluding steroid dienone is 2. The SMILES string of the molecule is CN(C(=O)OC(C)(C)C)[C@H]1CCN(C(=O)C[C@@H]2C=CCC2)C1. The maximum atomic E-state index is 12.3.